The van der Waals surface area contributed by atoms with E-state index in [1.54, 1.807) is 35.9 Å². The van der Waals surface area contributed by atoms with Gasteiger partial charge in [-0.15, -0.1) is 0 Å². The van der Waals surface area contributed by atoms with E-state index in [1.807, 2.05) is 0 Å². The van der Waals surface area contributed by atoms with E-state index in [4.69, 9.17) is 5.14 Å². The van der Waals surface area contributed by atoms with Crippen LogP contribution in [0.2, 0.25) is 0 Å². The zero-order chi connectivity index (χ0) is 16.3. The van der Waals surface area contributed by atoms with Crippen LogP contribution >= 0.6 is 0 Å². The van der Waals surface area contributed by atoms with Crippen LogP contribution in [-0.4, -0.2) is 31.2 Å². The number of aromatic nitrogens is 1. The minimum atomic E-state index is -3.61. The number of primary sulfonamides is 1. The molecule has 0 bridgehead atoms. The number of rotatable bonds is 5. The van der Waals surface area contributed by atoms with Crippen molar-refractivity contribution in [2.75, 3.05) is 12.3 Å². The zero-order valence-corrected chi connectivity index (χ0v) is 12.7. The van der Waals surface area contributed by atoms with Gasteiger partial charge >= 0.3 is 0 Å². The van der Waals surface area contributed by atoms with Crippen molar-refractivity contribution in [3.05, 3.63) is 47.9 Å². The van der Waals surface area contributed by atoms with E-state index in [1.165, 1.54) is 12.1 Å². The first-order chi connectivity index (χ1) is 10.3. The summed E-state index contributed by atoms with van der Waals surface area (Å²) in [5.41, 5.74) is 1.89. The first-order valence-corrected chi connectivity index (χ1v) is 8.20. The summed E-state index contributed by atoms with van der Waals surface area (Å²) in [4.78, 5) is 12.0. The van der Waals surface area contributed by atoms with Gasteiger partial charge in [-0.3, -0.25) is 4.79 Å². The molecule has 1 heterocycles. The standard InChI is InChI=1S/C14H16FN3O3S/c1-18-12(10-2-4-11(15)5-3-10)6-7-13(18)14(19)17-8-9-22(16,20)21/h2-7H,8-9H2,1H3,(H,17,19)(H2,16,20,21). The number of halogens is 1. The Bertz CT molecular complexity index is 782. The molecule has 1 amide bonds. The van der Waals surface area contributed by atoms with Gasteiger partial charge in [0, 0.05) is 19.3 Å². The highest BCUT2D eigenvalue weighted by molar-refractivity contribution is 7.89. The fraction of sp³-hybridized carbons (Fsp3) is 0.214. The molecule has 0 aliphatic carbocycles. The summed E-state index contributed by atoms with van der Waals surface area (Å²) < 4.78 is 36.2. The van der Waals surface area contributed by atoms with E-state index in [9.17, 15) is 17.6 Å². The highest BCUT2D eigenvalue weighted by Crippen LogP contribution is 2.21. The van der Waals surface area contributed by atoms with Gasteiger partial charge < -0.3 is 9.88 Å². The molecule has 118 valence electrons. The normalized spacial score (nSPS) is 11.4. The van der Waals surface area contributed by atoms with Crippen LogP contribution < -0.4 is 10.5 Å². The topological polar surface area (TPSA) is 94.2 Å². The lowest BCUT2D eigenvalue weighted by Crippen LogP contribution is -2.32. The average Bonchev–Trinajstić information content (AvgIpc) is 2.80. The zero-order valence-electron chi connectivity index (χ0n) is 11.9. The van der Waals surface area contributed by atoms with Crippen molar-refractivity contribution in [2.24, 2.45) is 12.2 Å². The Balaban J connectivity index is 2.13. The maximum atomic E-state index is 12.9. The van der Waals surface area contributed by atoms with Gasteiger partial charge in [0.25, 0.3) is 5.91 Å². The Kier molecular flexibility index (Phi) is 4.62. The Morgan fingerprint density at radius 3 is 2.45 bits per heavy atom. The Hall–Kier alpha value is -2.19. The first-order valence-electron chi connectivity index (χ1n) is 6.48. The molecule has 0 spiro atoms. The second-order valence-corrected chi connectivity index (χ2v) is 6.53. The second-order valence-electron chi connectivity index (χ2n) is 4.79. The summed E-state index contributed by atoms with van der Waals surface area (Å²) in [6, 6.07) is 9.27. The van der Waals surface area contributed by atoms with E-state index in [-0.39, 0.29) is 18.1 Å². The molecule has 0 radical (unpaired) electrons. The number of amides is 1. The number of sulfonamides is 1. The molecule has 0 fully saturated rings. The SMILES string of the molecule is Cn1c(C(=O)NCCS(N)(=O)=O)ccc1-c1ccc(F)cc1. The number of hydrogen-bond donors (Lipinski definition) is 2. The van der Waals surface area contributed by atoms with Gasteiger partial charge in [-0.05, 0) is 42.0 Å². The van der Waals surface area contributed by atoms with Crippen LogP contribution in [0.5, 0.6) is 0 Å². The van der Waals surface area contributed by atoms with Crippen LogP contribution in [0.15, 0.2) is 36.4 Å². The number of carbonyl (C=O) groups excluding carboxylic acids is 1. The molecule has 3 N–H and O–H groups in total. The van der Waals surface area contributed by atoms with Gasteiger partial charge in [-0.25, -0.2) is 17.9 Å². The third-order valence-electron chi connectivity index (χ3n) is 3.17. The number of benzene rings is 1. The van der Waals surface area contributed by atoms with Crippen LogP contribution in [0.4, 0.5) is 4.39 Å². The van der Waals surface area contributed by atoms with Gasteiger partial charge in [0.1, 0.15) is 11.5 Å². The van der Waals surface area contributed by atoms with Crippen LogP contribution in [0.1, 0.15) is 10.5 Å². The molecule has 1 aromatic heterocycles. The maximum absolute atomic E-state index is 12.9. The van der Waals surface area contributed by atoms with Crippen LogP contribution in [0.3, 0.4) is 0 Å². The largest absolute Gasteiger partial charge is 0.350 e. The van der Waals surface area contributed by atoms with Crippen molar-refractivity contribution in [2.45, 2.75) is 0 Å². The second kappa shape index (κ2) is 6.29. The van der Waals surface area contributed by atoms with Crippen molar-refractivity contribution in [3.63, 3.8) is 0 Å². The molecule has 0 atom stereocenters. The summed E-state index contributed by atoms with van der Waals surface area (Å²) in [5.74, 6) is -1.06. The average molecular weight is 325 g/mol. The summed E-state index contributed by atoms with van der Waals surface area (Å²) in [6.07, 6.45) is 0. The molecule has 2 rings (SSSR count). The predicted molar refractivity (Wildman–Crippen MR) is 81.1 cm³/mol. The van der Waals surface area contributed by atoms with E-state index in [2.05, 4.69) is 5.32 Å². The van der Waals surface area contributed by atoms with Crippen LogP contribution in [0.25, 0.3) is 11.3 Å². The van der Waals surface area contributed by atoms with Gasteiger partial charge in [0.05, 0.1) is 5.75 Å². The molecule has 0 saturated heterocycles. The van der Waals surface area contributed by atoms with Crippen molar-refractivity contribution in [1.29, 1.82) is 0 Å². The number of nitrogens with zero attached hydrogens (tertiary/aromatic N) is 1. The Morgan fingerprint density at radius 2 is 1.86 bits per heavy atom. The van der Waals surface area contributed by atoms with Crippen molar-refractivity contribution >= 4 is 15.9 Å². The van der Waals surface area contributed by atoms with Crippen molar-refractivity contribution in [3.8, 4) is 11.3 Å². The lowest BCUT2D eigenvalue weighted by atomic mass is 10.1. The third kappa shape index (κ3) is 3.92. The predicted octanol–water partition coefficient (Wildman–Crippen LogP) is 0.850. The highest BCUT2D eigenvalue weighted by atomic mass is 32.2. The van der Waals surface area contributed by atoms with Gasteiger partial charge in [0.2, 0.25) is 10.0 Å². The van der Waals surface area contributed by atoms with Gasteiger partial charge in [-0.1, -0.05) is 0 Å². The van der Waals surface area contributed by atoms with E-state index in [0.29, 0.717) is 5.69 Å². The minimum Gasteiger partial charge on any atom is -0.350 e. The van der Waals surface area contributed by atoms with Gasteiger partial charge in [0.15, 0.2) is 0 Å². The summed E-state index contributed by atoms with van der Waals surface area (Å²) >= 11 is 0. The fourth-order valence-corrected chi connectivity index (χ4v) is 2.43. The monoisotopic (exact) mass is 325 g/mol. The van der Waals surface area contributed by atoms with E-state index < -0.39 is 15.9 Å². The maximum Gasteiger partial charge on any atom is 0.267 e. The molecule has 8 heteroatoms. The molecule has 22 heavy (non-hydrogen) atoms. The quantitative estimate of drug-likeness (QED) is 0.853. The van der Waals surface area contributed by atoms with E-state index in [0.717, 1.165) is 11.3 Å². The summed E-state index contributed by atoms with van der Waals surface area (Å²) in [5, 5.41) is 7.36. The third-order valence-corrected chi connectivity index (χ3v) is 3.94. The molecule has 0 saturated carbocycles. The first kappa shape index (κ1) is 16.2. The molecular weight excluding hydrogens is 309 g/mol. The number of nitrogens with two attached hydrogens (primary N) is 1. The molecule has 1 aromatic carbocycles. The van der Waals surface area contributed by atoms with Crippen LogP contribution in [0, 0.1) is 5.82 Å². The minimum absolute atomic E-state index is 0.0608. The van der Waals surface area contributed by atoms with E-state index >= 15 is 0 Å². The summed E-state index contributed by atoms with van der Waals surface area (Å²) in [7, 11) is -1.91. The molecule has 0 unspecified atom stereocenters. The fourth-order valence-electron chi connectivity index (χ4n) is 2.05. The lowest BCUT2D eigenvalue weighted by molar-refractivity contribution is 0.0948. The van der Waals surface area contributed by atoms with Crippen molar-refractivity contribution < 1.29 is 17.6 Å². The number of hydrogen-bond acceptors (Lipinski definition) is 3. The lowest BCUT2D eigenvalue weighted by Gasteiger charge is -2.08. The number of nitrogens with one attached hydrogen (secondary N) is 1. The molecular formula is C14H16FN3O3S. The smallest absolute Gasteiger partial charge is 0.267 e. The molecule has 6 nitrogen and oxygen atoms in total. The molecule has 0 aliphatic rings. The van der Waals surface area contributed by atoms with Gasteiger partial charge in [-0.2, -0.15) is 0 Å². The Morgan fingerprint density at radius 1 is 1.23 bits per heavy atom. The van der Waals surface area contributed by atoms with Crippen LogP contribution in [-0.2, 0) is 17.1 Å². The summed E-state index contributed by atoms with van der Waals surface area (Å²) in [6.45, 7) is -0.0608. The molecule has 2 aromatic rings. The Labute approximate surface area is 127 Å². The van der Waals surface area contributed by atoms with Crippen molar-refractivity contribution in [1.82, 2.24) is 9.88 Å². The highest BCUT2D eigenvalue weighted by Gasteiger charge is 2.14. The molecule has 0 aliphatic heterocycles. The number of carbonyl (C=O) groups is 1.